The van der Waals surface area contributed by atoms with Crippen molar-refractivity contribution in [3.05, 3.63) is 70.3 Å². The van der Waals surface area contributed by atoms with Gasteiger partial charge in [-0.3, -0.25) is 14.5 Å². The molecule has 0 saturated heterocycles. The van der Waals surface area contributed by atoms with Crippen LogP contribution in [0, 0.1) is 0 Å². The van der Waals surface area contributed by atoms with Crippen molar-refractivity contribution in [2.45, 2.75) is 32.9 Å². The van der Waals surface area contributed by atoms with Crippen LogP contribution in [0.3, 0.4) is 0 Å². The zero-order chi connectivity index (χ0) is 19.7. The molecule has 4 rings (SSSR count). The number of rotatable bonds is 5. The van der Waals surface area contributed by atoms with E-state index in [4.69, 9.17) is 0 Å². The van der Waals surface area contributed by atoms with Crippen LogP contribution in [-0.4, -0.2) is 39.9 Å². The molecule has 1 aliphatic heterocycles. The number of hydrogen-bond acceptors (Lipinski definition) is 4. The molecule has 2 heterocycles. The Hall–Kier alpha value is -2.99. The van der Waals surface area contributed by atoms with E-state index in [0.717, 1.165) is 12.1 Å². The third-order valence-corrected chi connectivity index (χ3v) is 5.48. The fraction of sp³-hybridized carbons (Fsp3) is 0.318. The highest BCUT2D eigenvalue weighted by Gasteiger charge is 2.30. The first-order valence-electron chi connectivity index (χ1n) is 9.69. The lowest BCUT2D eigenvalue weighted by Gasteiger charge is -2.30. The monoisotopic (exact) mass is 376 g/mol. The van der Waals surface area contributed by atoms with Crippen LogP contribution in [0.15, 0.2) is 53.3 Å². The number of carbonyl (C=O) groups excluding carboxylic acids is 1. The van der Waals surface area contributed by atoms with Crippen LogP contribution in [0.2, 0.25) is 0 Å². The van der Waals surface area contributed by atoms with Gasteiger partial charge in [0.25, 0.3) is 5.56 Å². The largest absolute Gasteiger partial charge is 0.310 e. The molecule has 1 atom stereocenters. The van der Waals surface area contributed by atoms with E-state index in [1.807, 2.05) is 60.0 Å². The fourth-order valence-corrected chi connectivity index (χ4v) is 3.87. The number of likely N-dealkylation sites (N-methyl/N-ethyl adjacent to an activating group) is 1. The minimum Gasteiger partial charge on any atom is -0.310 e. The topological polar surface area (TPSA) is 69.3 Å². The van der Waals surface area contributed by atoms with E-state index >= 15 is 0 Å². The van der Waals surface area contributed by atoms with E-state index < -0.39 is 0 Å². The summed E-state index contributed by atoms with van der Waals surface area (Å²) in [5.41, 5.74) is 2.74. The Morgan fingerprint density at radius 2 is 1.96 bits per heavy atom. The SMILES string of the molecule is CCN(Cc1nc2ccccc2c(=O)[nH]1)C(C)C(=O)N1CCc2ccccc21. The number of fused-ring (bicyclic) bond motifs is 2. The van der Waals surface area contributed by atoms with Crippen molar-refractivity contribution < 1.29 is 4.79 Å². The fourth-order valence-electron chi connectivity index (χ4n) is 3.87. The number of nitrogens with zero attached hydrogens (tertiary/aromatic N) is 3. The molecule has 28 heavy (non-hydrogen) atoms. The lowest BCUT2D eigenvalue weighted by molar-refractivity contribution is -0.123. The third kappa shape index (κ3) is 3.31. The molecule has 1 aromatic heterocycles. The summed E-state index contributed by atoms with van der Waals surface area (Å²) in [5, 5.41) is 0.576. The van der Waals surface area contributed by atoms with Gasteiger partial charge in [-0.1, -0.05) is 37.3 Å². The van der Waals surface area contributed by atoms with Crippen LogP contribution in [-0.2, 0) is 17.8 Å². The van der Waals surface area contributed by atoms with E-state index in [1.165, 1.54) is 5.56 Å². The maximum Gasteiger partial charge on any atom is 0.258 e. The smallest absolute Gasteiger partial charge is 0.258 e. The van der Waals surface area contributed by atoms with Crippen LogP contribution in [0.5, 0.6) is 0 Å². The highest BCUT2D eigenvalue weighted by atomic mass is 16.2. The number of aromatic nitrogens is 2. The van der Waals surface area contributed by atoms with Gasteiger partial charge >= 0.3 is 0 Å². The Morgan fingerprint density at radius 3 is 2.79 bits per heavy atom. The Balaban J connectivity index is 1.56. The first kappa shape index (κ1) is 18.4. The van der Waals surface area contributed by atoms with Gasteiger partial charge in [-0.2, -0.15) is 0 Å². The summed E-state index contributed by atoms with van der Waals surface area (Å²) in [7, 11) is 0. The number of carbonyl (C=O) groups is 1. The predicted molar refractivity (Wildman–Crippen MR) is 110 cm³/mol. The summed E-state index contributed by atoms with van der Waals surface area (Å²) in [6.45, 7) is 5.75. The summed E-state index contributed by atoms with van der Waals surface area (Å²) >= 11 is 0. The molecule has 0 saturated carbocycles. The summed E-state index contributed by atoms with van der Waals surface area (Å²) in [6, 6.07) is 15.0. The van der Waals surface area contributed by atoms with Gasteiger partial charge < -0.3 is 9.88 Å². The predicted octanol–water partition coefficient (Wildman–Crippen LogP) is 2.72. The van der Waals surface area contributed by atoms with Crippen LogP contribution >= 0.6 is 0 Å². The van der Waals surface area contributed by atoms with Gasteiger partial charge in [0.05, 0.1) is 23.5 Å². The number of para-hydroxylation sites is 2. The van der Waals surface area contributed by atoms with Crippen molar-refractivity contribution >= 4 is 22.5 Å². The van der Waals surface area contributed by atoms with E-state index in [0.29, 0.717) is 36.4 Å². The molecule has 1 amide bonds. The Morgan fingerprint density at radius 1 is 1.21 bits per heavy atom. The summed E-state index contributed by atoms with van der Waals surface area (Å²) in [5.74, 6) is 0.655. The lowest BCUT2D eigenvalue weighted by atomic mass is 10.1. The van der Waals surface area contributed by atoms with E-state index in [2.05, 4.69) is 16.0 Å². The van der Waals surface area contributed by atoms with Crippen molar-refractivity contribution in [3.63, 3.8) is 0 Å². The highest BCUT2D eigenvalue weighted by molar-refractivity contribution is 5.98. The van der Waals surface area contributed by atoms with Gasteiger partial charge in [0.2, 0.25) is 5.91 Å². The molecule has 1 unspecified atom stereocenters. The summed E-state index contributed by atoms with van der Waals surface area (Å²) < 4.78 is 0. The maximum absolute atomic E-state index is 13.2. The normalized spacial score (nSPS) is 14.5. The van der Waals surface area contributed by atoms with Crippen LogP contribution in [0.25, 0.3) is 10.9 Å². The molecule has 0 aliphatic carbocycles. The zero-order valence-electron chi connectivity index (χ0n) is 16.2. The van der Waals surface area contributed by atoms with Gasteiger partial charge in [-0.05, 0) is 43.7 Å². The van der Waals surface area contributed by atoms with Gasteiger partial charge in [-0.15, -0.1) is 0 Å². The van der Waals surface area contributed by atoms with Crippen molar-refractivity contribution in [1.29, 1.82) is 0 Å². The van der Waals surface area contributed by atoms with E-state index in [1.54, 1.807) is 6.07 Å². The molecule has 3 aromatic rings. The van der Waals surface area contributed by atoms with Crippen molar-refractivity contribution in [3.8, 4) is 0 Å². The van der Waals surface area contributed by atoms with Crippen LogP contribution in [0.4, 0.5) is 5.69 Å². The molecule has 2 aromatic carbocycles. The molecule has 0 bridgehead atoms. The number of hydrogen-bond donors (Lipinski definition) is 1. The lowest BCUT2D eigenvalue weighted by Crippen LogP contribution is -2.46. The molecule has 0 spiro atoms. The standard InChI is InChI=1S/C22H24N4O2/c1-3-25(14-20-23-18-10-6-5-9-17(18)21(27)24-20)15(2)22(28)26-13-12-16-8-4-7-11-19(16)26/h4-11,15H,3,12-14H2,1-2H3,(H,23,24,27). The average Bonchev–Trinajstić information content (AvgIpc) is 3.15. The number of anilines is 1. The molecule has 1 aliphatic rings. The summed E-state index contributed by atoms with van der Waals surface area (Å²) in [6.07, 6.45) is 0.889. The number of amides is 1. The first-order valence-corrected chi connectivity index (χ1v) is 9.69. The van der Waals surface area contributed by atoms with E-state index in [-0.39, 0.29) is 17.5 Å². The van der Waals surface area contributed by atoms with Crippen LogP contribution < -0.4 is 10.5 Å². The number of benzene rings is 2. The second-order valence-corrected chi connectivity index (χ2v) is 7.14. The quantitative estimate of drug-likeness (QED) is 0.743. The van der Waals surface area contributed by atoms with Crippen molar-refractivity contribution in [2.75, 3.05) is 18.0 Å². The molecule has 0 fully saturated rings. The Kier molecular flexibility index (Phi) is 4.96. The van der Waals surface area contributed by atoms with Crippen molar-refractivity contribution in [1.82, 2.24) is 14.9 Å². The molecular formula is C22H24N4O2. The van der Waals surface area contributed by atoms with E-state index in [9.17, 15) is 9.59 Å². The maximum atomic E-state index is 13.2. The van der Waals surface area contributed by atoms with Crippen LogP contribution in [0.1, 0.15) is 25.2 Å². The van der Waals surface area contributed by atoms with Gasteiger partial charge in [0.15, 0.2) is 0 Å². The van der Waals surface area contributed by atoms with Gasteiger partial charge in [0.1, 0.15) is 5.82 Å². The molecular weight excluding hydrogens is 352 g/mol. The van der Waals surface area contributed by atoms with Gasteiger partial charge in [-0.25, -0.2) is 4.98 Å². The molecule has 0 radical (unpaired) electrons. The second kappa shape index (κ2) is 7.56. The number of H-pyrrole nitrogens is 1. The zero-order valence-corrected chi connectivity index (χ0v) is 16.2. The van der Waals surface area contributed by atoms with Gasteiger partial charge in [0, 0.05) is 12.2 Å². The molecule has 6 heteroatoms. The third-order valence-electron chi connectivity index (χ3n) is 5.48. The average molecular weight is 376 g/mol. The minimum absolute atomic E-state index is 0.0786. The second-order valence-electron chi connectivity index (χ2n) is 7.14. The number of aromatic amines is 1. The molecule has 1 N–H and O–H groups in total. The minimum atomic E-state index is -0.312. The first-order chi connectivity index (χ1) is 13.6. The number of nitrogens with one attached hydrogen (secondary N) is 1. The highest BCUT2D eigenvalue weighted by Crippen LogP contribution is 2.28. The Labute approximate surface area is 163 Å². The molecule has 144 valence electrons. The van der Waals surface area contributed by atoms with Crippen molar-refractivity contribution in [2.24, 2.45) is 0 Å². The Bertz CT molecular complexity index is 1080. The molecule has 6 nitrogen and oxygen atoms in total. The summed E-state index contributed by atoms with van der Waals surface area (Å²) in [4.78, 5) is 36.9.